The molecule has 2 amide bonds. The molecule has 2 aliphatic heterocycles. The molecule has 0 radical (unpaired) electrons. The van der Waals surface area contributed by atoms with Gasteiger partial charge in [-0.1, -0.05) is 17.7 Å². The van der Waals surface area contributed by atoms with Gasteiger partial charge < -0.3 is 15.5 Å². The maximum Gasteiger partial charge on any atom is 0.246 e. The predicted octanol–water partition coefficient (Wildman–Crippen LogP) is 4.91. The number of nitrogens with zero attached hydrogens (tertiary/aromatic N) is 4. The molecule has 2 N–H and O–H groups in total. The third kappa shape index (κ3) is 6.74. The first-order chi connectivity index (χ1) is 18.9. The lowest BCUT2D eigenvalue weighted by atomic mass is 9.93. The van der Waals surface area contributed by atoms with E-state index in [0.29, 0.717) is 36.9 Å². The minimum absolute atomic E-state index is 0.0219. The molecular weight excluding hydrogens is 539 g/mol. The Balaban J connectivity index is 1.16. The van der Waals surface area contributed by atoms with Crippen LogP contribution in [0.3, 0.4) is 0 Å². The zero-order valence-electron chi connectivity index (χ0n) is 21.9. The Bertz CT molecular complexity index is 1390. The van der Waals surface area contributed by atoms with Gasteiger partial charge in [-0.25, -0.2) is 14.4 Å². The molecule has 2 aromatic heterocycles. The Hall–Kier alpha value is -3.08. The second-order valence-electron chi connectivity index (χ2n) is 10.1. The second kappa shape index (κ2) is 12.4. The summed E-state index contributed by atoms with van der Waals surface area (Å²) in [6, 6.07) is 4.48. The fraction of sp³-hybridized carbons (Fsp3) is 0.429. The first-order valence-corrected chi connectivity index (χ1v) is 14.5. The highest BCUT2D eigenvalue weighted by molar-refractivity contribution is 7.19. The largest absolute Gasteiger partial charge is 0.356 e. The molecule has 0 bridgehead atoms. The van der Waals surface area contributed by atoms with E-state index >= 15 is 0 Å². The van der Waals surface area contributed by atoms with Gasteiger partial charge in [0.1, 0.15) is 22.8 Å². The third-order valence-electron chi connectivity index (χ3n) is 7.39. The van der Waals surface area contributed by atoms with Crippen molar-refractivity contribution >= 4 is 56.5 Å². The van der Waals surface area contributed by atoms with Gasteiger partial charge in [-0.05, 0) is 68.5 Å². The normalized spacial score (nSPS) is 16.5. The summed E-state index contributed by atoms with van der Waals surface area (Å²) in [5.74, 6) is 0.882. The van der Waals surface area contributed by atoms with Crippen LogP contribution in [0.15, 0.2) is 36.7 Å². The molecule has 1 saturated heterocycles. The molecule has 4 heterocycles. The van der Waals surface area contributed by atoms with Crippen LogP contribution in [0.25, 0.3) is 10.2 Å². The molecule has 8 nitrogen and oxygen atoms in total. The fourth-order valence-corrected chi connectivity index (χ4v) is 6.62. The number of nitrogens with one attached hydrogen (secondary N) is 2. The number of piperidine rings is 1. The third-order valence-corrected chi connectivity index (χ3v) is 8.80. The minimum Gasteiger partial charge on any atom is -0.356 e. The van der Waals surface area contributed by atoms with Gasteiger partial charge in [0.05, 0.1) is 17.0 Å². The number of carbonyl (C=O) groups is 2. The molecule has 11 heteroatoms. The van der Waals surface area contributed by atoms with Crippen LogP contribution in [-0.2, 0) is 22.6 Å². The van der Waals surface area contributed by atoms with Gasteiger partial charge in [-0.15, -0.1) is 11.3 Å². The van der Waals surface area contributed by atoms with E-state index in [4.69, 9.17) is 11.6 Å². The summed E-state index contributed by atoms with van der Waals surface area (Å²) in [6.07, 6.45) is 9.17. The Labute approximate surface area is 236 Å². The standard InChI is InChI=1S/C28H32ClFN6O2S/c1-18(37)31-10-6-19-7-12-35(13-8-19)11-2-3-25(38)36-14-9-21-24(16-36)39-28-26(21)27(32-17-33-28)34-20-4-5-23(30)22(29)15-20/h2-5,15,17,19H,6-14,16H2,1H3,(H,31,37)(H,32,33,34). The van der Waals surface area contributed by atoms with Crippen LogP contribution in [0.5, 0.6) is 0 Å². The number of hydrogen-bond donors (Lipinski definition) is 2. The lowest BCUT2D eigenvalue weighted by Gasteiger charge is -2.31. The van der Waals surface area contributed by atoms with Gasteiger partial charge in [-0.3, -0.25) is 14.5 Å². The highest BCUT2D eigenvalue weighted by Gasteiger charge is 2.26. The van der Waals surface area contributed by atoms with Crippen LogP contribution in [0.4, 0.5) is 15.9 Å². The number of rotatable bonds is 8. The number of amides is 2. The lowest BCUT2D eigenvalue weighted by Crippen LogP contribution is -2.36. The average molecular weight is 571 g/mol. The molecule has 0 atom stereocenters. The summed E-state index contributed by atoms with van der Waals surface area (Å²) < 4.78 is 13.6. The number of fused-ring (bicyclic) bond motifs is 3. The summed E-state index contributed by atoms with van der Waals surface area (Å²) in [4.78, 5) is 39.1. The first-order valence-electron chi connectivity index (χ1n) is 13.3. The Kier molecular flexibility index (Phi) is 8.74. The van der Waals surface area contributed by atoms with Crippen LogP contribution < -0.4 is 10.6 Å². The molecule has 3 aromatic rings. The molecule has 5 rings (SSSR count). The Morgan fingerprint density at radius 1 is 1.23 bits per heavy atom. The SMILES string of the molecule is CC(=O)NCCC1CCN(CC=CC(=O)N2CCc3c(sc4ncnc(Nc5ccc(F)c(Cl)c5)c34)C2)CC1. The number of hydrogen-bond acceptors (Lipinski definition) is 7. The van der Waals surface area contributed by atoms with Gasteiger partial charge in [0.15, 0.2) is 0 Å². The van der Waals surface area contributed by atoms with Gasteiger partial charge in [0.2, 0.25) is 11.8 Å². The van der Waals surface area contributed by atoms with Crippen LogP contribution in [0.2, 0.25) is 5.02 Å². The minimum atomic E-state index is -0.471. The number of thiophene rings is 1. The van der Waals surface area contributed by atoms with E-state index < -0.39 is 5.82 Å². The summed E-state index contributed by atoms with van der Waals surface area (Å²) in [7, 11) is 0. The van der Waals surface area contributed by atoms with E-state index in [1.807, 2.05) is 11.0 Å². The number of carbonyl (C=O) groups excluding carboxylic acids is 2. The number of benzene rings is 1. The van der Waals surface area contributed by atoms with Gasteiger partial charge >= 0.3 is 0 Å². The van der Waals surface area contributed by atoms with E-state index in [1.54, 1.807) is 30.4 Å². The molecule has 0 aliphatic carbocycles. The molecular formula is C28H32ClFN6O2S. The van der Waals surface area contributed by atoms with Crippen LogP contribution >= 0.6 is 22.9 Å². The van der Waals surface area contributed by atoms with E-state index in [2.05, 4.69) is 25.5 Å². The maximum atomic E-state index is 13.6. The van der Waals surface area contributed by atoms with Crippen LogP contribution in [-0.4, -0.2) is 64.3 Å². The van der Waals surface area contributed by atoms with Gasteiger partial charge in [0, 0.05) is 43.2 Å². The number of anilines is 2. The van der Waals surface area contributed by atoms with Crippen molar-refractivity contribution in [2.75, 3.05) is 38.0 Å². The van der Waals surface area contributed by atoms with Crippen LogP contribution in [0.1, 0.15) is 36.6 Å². The molecule has 0 spiro atoms. The smallest absolute Gasteiger partial charge is 0.246 e. The van der Waals surface area contributed by atoms with E-state index in [9.17, 15) is 14.0 Å². The van der Waals surface area contributed by atoms with Crippen molar-refractivity contribution in [2.45, 2.75) is 39.2 Å². The topological polar surface area (TPSA) is 90.5 Å². The summed E-state index contributed by atoms with van der Waals surface area (Å²) in [5, 5.41) is 7.12. The fourth-order valence-electron chi connectivity index (χ4n) is 5.24. The molecule has 0 unspecified atom stereocenters. The highest BCUT2D eigenvalue weighted by Crippen LogP contribution is 2.38. The van der Waals surface area contributed by atoms with E-state index in [-0.39, 0.29) is 16.8 Å². The van der Waals surface area contributed by atoms with Crippen LogP contribution in [0, 0.1) is 11.7 Å². The van der Waals surface area contributed by atoms with Crippen molar-refractivity contribution in [1.82, 2.24) is 25.1 Å². The molecule has 1 aromatic carbocycles. The van der Waals surface area contributed by atoms with Crippen molar-refractivity contribution in [3.05, 3.63) is 58.0 Å². The van der Waals surface area contributed by atoms with Crippen molar-refractivity contribution < 1.29 is 14.0 Å². The second-order valence-corrected chi connectivity index (χ2v) is 11.6. The summed E-state index contributed by atoms with van der Waals surface area (Å²) in [5.41, 5.74) is 1.80. The Morgan fingerprint density at radius 2 is 2.05 bits per heavy atom. The predicted molar refractivity (Wildman–Crippen MR) is 153 cm³/mol. The molecule has 206 valence electrons. The van der Waals surface area contributed by atoms with Crippen molar-refractivity contribution in [1.29, 1.82) is 0 Å². The van der Waals surface area contributed by atoms with E-state index in [1.165, 1.54) is 18.5 Å². The monoisotopic (exact) mass is 570 g/mol. The summed E-state index contributed by atoms with van der Waals surface area (Å²) >= 11 is 7.53. The molecule has 0 saturated carbocycles. The zero-order chi connectivity index (χ0) is 27.4. The number of likely N-dealkylation sites (tertiary alicyclic amines) is 1. The lowest BCUT2D eigenvalue weighted by molar-refractivity contribution is -0.126. The van der Waals surface area contributed by atoms with E-state index in [0.717, 1.165) is 66.1 Å². The quantitative estimate of drug-likeness (QED) is 0.374. The number of halogens is 2. The number of aromatic nitrogens is 2. The van der Waals surface area contributed by atoms with Gasteiger partial charge in [0.25, 0.3) is 0 Å². The molecule has 39 heavy (non-hydrogen) atoms. The van der Waals surface area contributed by atoms with Crippen molar-refractivity contribution in [3.63, 3.8) is 0 Å². The first kappa shape index (κ1) is 27.5. The average Bonchev–Trinajstić information content (AvgIpc) is 3.30. The molecule has 2 aliphatic rings. The zero-order valence-corrected chi connectivity index (χ0v) is 23.5. The van der Waals surface area contributed by atoms with Crippen molar-refractivity contribution in [3.8, 4) is 0 Å². The van der Waals surface area contributed by atoms with Crippen molar-refractivity contribution in [2.24, 2.45) is 5.92 Å². The Morgan fingerprint density at radius 3 is 2.82 bits per heavy atom. The van der Waals surface area contributed by atoms with Gasteiger partial charge in [-0.2, -0.15) is 0 Å². The maximum absolute atomic E-state index is 13.6. The highest BCUT2D eigenvalue weighted by atomic mass is 35.5. The summed E-state index contributed by atoms with van der Waals surface area (Å²) in [6.45, 7) is 6.26. The molecule has 1 fully saturated rings.